The molecule has 8 heteroatoms. The van der Waals surface area contributed by atoms with Crippen LogP contribution in [0.3, 0.4) is 0 Å². The molecular formula is C22H21ClN4O2S. The molecule has 0 unspecified atom stereocenters. The minimum atomic E-state index is -0.389. The van der Waals surface area contributed by atoms with E-state index in [1.165, 1.54) is 0 Å². The summed E-state index contributed by atoms with van der Waals surface area (Å²) in [5.41, 5.74) is 8.90. The molecule has 154 valence electrons. The fourth-order valence-corrected chi connectivity index (χ4v) is 3.82. The van der Waals surface area contributed by atoms with E-state index < -0.39 is 0 Å². The summed E-state index contributed by atoms with van der Waals surface area (Å²) in [6, 6.07) is 16.2. The van der Waals surface area contributed by atoms with Crippen LogP contribution in [-0.2, 0) is 17.0 Å². The highest BCUT2D eigenvalue weighted by molar-refractivity contribution is 7.98. The van der Waals surface area contributed by atoms with Crippen molar-refractivity contribution in [1.82, 2.24) is 20.8 Å². The maximum absolute atomic E-state index is 12.3. The molecule has 0 radical (unpaired) electrons. The molecular weight excluding hydrogens is 420 g/mol. The normalized spacial score (nSPS) is 10.5. The number of thioether (sulfide) groups is 1. The number of nitrogens with one attached hydrogen (secondary N) is 2. The van der Waals surface area contributed by atoms with Crippen molar-refractivity contribution in [2.45, 2.75) is 31.2 Å². The third-order valence-electron chi connectivity index (χ3n) is 4.17. The van der Waals surface area contributed by atoms with Crippen molar-refractivity contribution in [2.75, 3.05) is 0 Å². The quantitative estimate of drug-likeness (QED) is 0.343. The topological polar surface area (TPSA) is 84.0 Å². The molecule has 3 rings (SSSR count). The summed E-state index contributed by atoms with van der Waals surface area (Å²) in [6.07, 6.45) is 0.0800. The lowest BCUT2D eigenvalue weighted by atomic mass is 10.1. The van der Waals surface area contributed by atoms with Gasteiger partial charge in [-0.1, -0.05) is 53.7 Å². The highest BCUT2D eigenvalue weighted by atomic mass is 35.5. The highest BCUT2D eigenvalue weighted by Gasteiger charge is 2.10. The fraction of sp³-hybridized carbons (Fsp3) is 0.182. The number of aromatic nitrogens is 2. The predicted molar refractivity (Wildman–Crippen MR) is 118 cm³/mol. The second-order valence-corrected chi connectivity index (χ2v) is 8.04. The Balaban J connectivity index is 1.49. The van der Waals surface area contributed by atoms with Gasteiger partial charge in [0.05, 0.1) is 6.42 Å². The minimum absolute atomic E-state index is 0.0800. The molecule has 2 amide bonds. The number of halogens is 1. The van der Waals surface area contributed by atoms with E-state index in [0.717, 1.165) is 22.1 Å². The van der Waals surface area contributed by atoms with Crippen LogP contribution in [0.25, 0.3) is 0 Å². The van der Waals surface area contributed by atoms with Crippen LogP contribution < -0.4 is 10.9 Å². The van der Waals surface area contributed by atoms with E-state index in [2.05, 4.69) is 20.8 Å². The molecule has 0 aliphatic rings. The number of hydrazine groups is 1. The molecule has 30 heavy (non-hydrogen) atoms. The number of carbonyl (C=O) groups is 2. The first-order valence-electron chi connectivity index (χ1n) is 9.27. The van der Waals surface area contributed by atoms with Gasteiger partial charge in [0.15, 0.2) is 5.16 Å². The Morgan fingerprint density at radius 1 is 0.967 bits per heavy atom. The molecule has 2 aromatic carbocycles. The molecule has 2 N–H and O–H groups in total. The number of amides is 2. The summed E-state index contributed by atoms with van der Waals surface area (Å²) in [6.45, 7) is 3.89. The van der Waals surface area contributed by atoms with Crippen LogP contribution in [0.1, 0.15) is 32.9 Å². The molecule has 0 fully saturated rings. The smallest absolute Gasteiger partial charge is 0.269 e. The van der Waals surface area contributed by atoms with Crippen molar-refractivity contribution >= 4 is 35.2 Å². The number of hydrogen-bond acceptors (Lipinski definition) is 5. The van der Waals surface area contributed by atoms with Crippen LogP contribution in [0.5, 0.6) is 0 Å². The molecule has 0 bridgehead atoms. The van der Waals surface area contributed by atoms with E-state index in [1.807, 2.05) is 32.0 Å². The van der Waals surface area contributed by atoms with Crippen molar-refractivity contribution in [2.24, 2.45) is 0 Å². The SMILES string of the molecule is Cc1cc(C)nc(SCc2ccc(C(=O)NNC(=O)Cc3ccccc3Cl)cc2)n1. The summed E-state index contributed by atoms with van der Waals surface area (Å²) < 4.78 is 0. The molecule has 0 spiro atoms. The van der Waals surface area contributed by atoms with Crippen molar-refractivity contribution in [3.05, 3.63) is 87.7 Å². The number of carbonyl (C=O) groups excluding carboxylic acids is 2. The Morgan fingerprint density at radius 2 is 1.63 bits per heavy atom. The molecule has 1 heterocycles. The van der Waals surface area contributed by atoms with E-state index >= 15 is 0 Å². The minimum Gasteiger partial charge on any atom is -0.273 e. The molecule has 3 aromatic rings. The number of benzene rings is 2. The van der Waals surface area contributed by atoms with Gasteiger partial charge in [0.25, 0.3) is 5.91 Å². The number of rotatable bonds is 6. The Hall–Kier alpha value is -2.90. The summed E-state index contributed by atoms with van der Waals surface area (Å²) in [7, 11) is 0. The van der Waals surface area contributed by atoms with E-state index in [4.69, 9.17) is 11.6 Å². The fourth-order valence-electron chi connectivity index (χ4n) is 2.72. The Labute approximate surface area is 184 Å². The molecule has 0 saturated carbocycles. The zero-order valence-corrected chi connectivity index (χ0v) is 18.2. The molecule has 0 aliphatic heterocycles. The van der Waals surface area contributed by atoms with Crippen molar-refractivity contribution in [1.29, 1.82) is 0 Å². The van der Waals surface area contributed by atoms with Gasteiger partial charge in [-0.25, -0.2) is 9.97 Å². The van der Waals surface area contributed by atoms with Gasteiger partial charge in [-0.2, -0.15) is 0 Å². The van der Waals surface area contributed by atoms with Gasteiger partial charge >= 0.3 is 0 Å². The predicted octanol–water partition coefficient (Wildman–Crippen LogP) is 4.04. The lowest BCUT2D eigenvalue weighted by Crippen LogP contribution is -2.42. The van der Waals surface area contributed by atoms with Crippen molar-refractivity contribution < 1.29 is 9.59 Å². The van der Waals surface area contributed by atoms with Gasteiger partial charge in [-0.05, 0) is 49.2 Å². The van der Waals surface area contributed by atoms with Gasteiger partial charge in [0.2, 0.25) is 5.91 Å². The third kappa shape index (κ3) is 6.30. The van der Waals surface area contributed by atoms with Gasteiger partial charge in [0.1, 0.15) is 0 Å². The largest absolute Gasteiger partial charge is 0.273 e. The first kappa shape index (κ1) is 21.8. The Morgan fingerprint density at radius 3 is 2.30 bits per heavy atom. The average molecular weight is 441 g/mol. The monoisotopic (exact) mass is 440 g/mol. The molecule has 6 nitrogen and oxygen atoms in total. The highest BCUT2D eigenvalue weighted by Crippen LogP contribution is 2.20. The second-order valence-electron chi connectivity index (χ2n) is 6.69. The summed E-state index contributed by atoms with van der Waals surface area (Å²) in [4.78, 5) is 33.1. The molecule has 1 aromatic heterocycles. The molecule has 0 atom stereocenters. The average Bonchev–Trinajstić information content (AvgIpc) is 2.72. The van der Waals surface area contributed by atoms with Crippen LogP contribution in [-0.4, -0.2) is 21.8 Å². The second kappa shape index (κ2) is 10.2. The standard InChI is InChI=1S/C22H21ClN4O2S/c1-14-11-15(2)25-22(24-14)30-13-16-7-9-17(10-8-16)21(29)27-26-20(28)12-18-5-3-4-6-19(18)23/h3-11H,12-13H2,1-2H3,(H,26,28)(H,27,29). The number of hydrogen-bond donors (Lipinski definition) is 2. The number of nitrogens with zero attached hydrogens (tertiary/aromatic N) is 2. The zero-order chi connectivity index (χ0) is 21.5. The number of aryl methyl sites for hydroxylation is 2. The van der Waals surface area contributed by atoms with Gasteiger partial charge < -0.3 is 0 Å². The van der Waals surface area contributed by atoms with Crippen LogP contribution in [0.15, 0.2) is 59.8 Å². The lowest BCUT2D eigenvalue weighted by molar-refractivity contribution is -0.121. The summed E-state index contributed by atoms with van der Waals surface area (Å²) in [5, 5.41) is 1.24. The van der Waals surface area contributed by atoms with E-state index in [1.54, 1.807) is 48.2 Å². The maximum atomic E-state index is 12.3. The first-order valence-corrected chi connectivity index (χ1v) is 10.6. The van der Waals surface area contributed by atoms with E-state index in [-0.39, 0.29) is 18.2 Å². The van der Waals surface area contributed by atoms with Crippen LogP contribution >= 0.6 is 23.4 Å². The van der Waals surface area contributed by atoms with Gasteiger partial charge in [0, 0.05) is 27.7 Å². The lowest BCUT2D eigenvalue weighted by Gasteiger charge is -2.09. The molecule has 0 saturated heterocycles. The summed E-state index contributed by atoms with van der Waals surface area (Å²) in [5.74, 6) is -0.0448. The van der Waals surface area contributed by atoms with Crippen molar-refractivity contribution in [3.63, 3.8) is 0 Å². The van der Waals surface area contributed by atoms with Gasteiger partial charge in [-0.3, -0.25) is 20.4 Å². The maximum Gasteiger partial charge on any atom is 0.269 e. The third-order valence-corrected chi connectivity index (χ3v) is 5.46. The van der Waals surface area contributed by atoms with E-state index in [0.29, 0.717) is 21.9 Å². The van der Waals surface area contributed by atoms with Crippen LogP contribution in [0, 0.1) is 13.8 Å². The first-order chi connectivity index (χ1) is 14.4. The Bertz CT molecular complexity index is 1040. The molecule has 0 aliphatic carbocycles. The van der Waals surface area contributed by atoms with Crippen molar-refractivity contribution in [3.8, 4) is 0 Å². The van der Waals surface area contributed by atoms with Crippen LogP contribution in [0.4, 0.5) is 0 Å². The Kier molecular flexibility index (Phi) is 7.43. The zero-order valence-electron chi connectivity index (χ0n) is 16.6. The van der Waals surface area contributed by atoms with E-state index in [9.17, 15) is 9.59 Å². The van der Waals surface area contributed by atoms with Crippen LogP contribution in [0.2, 0.25) is 5.02 Å². The van der Waals surface area contributed by atoms with Gasteiger partial charge in [-0.15, -0.1) is 0 Å². The summed E-state index contributed by atoms with van der Waals surface area (Å²) >= 11 is 7.59.